The zero-order chi connectivity index (χ0) is 15.4. The van der Waals surface area contributed by atoms with Crippen LogP contribution >= 0.6 is 27.5 Å². The molecule has 0 aromatic heterocycles. The highest BCUT2D eigenvalue weighted by Gasteiger charge is 2.21. The average molecular weight is 373 g/mol. The molecular weight excluding hydrogens is 361 g/mol. The summed E-state index contributed by atoms with van der Waals surface area (Å²) in [6.07, 6.45) is -0.779. The second-order valence-electron chi connectivity index (χ2n) is 4.26. The molecule has 0 saturated carbocycles. The minimum atomic E-state index is -0.779. The molecule has 0 aliphatic heterocycles. The topological polar surface area (TPSA) is 38.3 Å². The summed E-state index contributed by atoms with van der Waals surface area (Å²) in [7, 11) is 1.44. The van der Waals surface area contributed by atoms with Gasteiger partial charge in [0.1, 0.15) is 5.82 Å². The van der Waals surface area contributed by atoms with Gasteiger partial charge in [-0.05, 0) is 33.6 Å². The SMILES string of the molecule is COC(C(=O)Nc1c(Cl)cc(F)cc1Br)c1ccccc1. The maximum absolute atomic E-state index is 13.2. The Morgan fingerprint density at radius 1 is 1.33 bits per heavy atom. The number of carbonyl (C=O) groups is 1. The summed E-state index contributed by atoms with van der Waals surface area (Å²) in [6.45, 7) is 0. The number of carbonyl (C=O) groups excluding carboxylic acids is 1. The lowest BCUT2D eigenvalue weighted by Crippen LogP contribution is -2.23. The van der Waals surface area contributed by atoms with Crippen LogP contribution in [-0.2, 0) is 9.53 Å². The van der Waals surface area contributed by atoms with Crippen molar-refractivity contribution in [2.24, 2.45) is 0 Å². The minimum Gasteiger partial charge on any atom is -0.367 e. The van der Waals surface area contributed by atoms with Gasteiger partial charge in [0.05, 0.1) is 10.7 Å². The highest BCUT2D eigenvalue weighted by molar-refractivity contribution is 9.10. The van der Waals surface area contributed by atoms with Gasteiger partial charge in [-0.3, -0.25) is 4.79 Å². The number of benzene rings is 2. The van der Waals surface area contributed by atoms with Gasteiger partial charge in [-0.25, -0.2) is 4.39 Å². The lowest BCUT2D eigenvalue weighted by atomic mass is 10.1. The van der Waals surface area contributed by atoms with E-state index < -0.39 is 17.8 Å². The van der Waals surface area contributed by atoms with Crippen molar-refractivity contribution in [2.75, 3.05) is 12.4 Å². The van der Waals surface area contributed by atoms with Crippen LogP contribution in [0.25, 0.3) is 0 Å². The standard InChI is InChI=1S/C15H12BrClFNO2/c1-21-14(9-5-3-2-4-6-9)15(20)19-13-11(16)7-10(18)8-12(13)17/h2-8,14H,1H3,(H,19,20). The quantitative estimate of drug-likeness (QED) is 0.854. The van der Waals surface area contributed by atoms with Gasteiger partial charge in [-0.1, -0.05) is 41.9 Å². The molecule has 0 spiro atoms. The van der Waals surface area contributed by atoms with Crippen LogP contribution in [0.15, 0.2) is 46.9 Å². The van der Waals surface area contributed by atoms with E-state index in [1.165, 1.54) is 13.2 Å². The molecule has 21 heavy (non-hydrogen) atoms. The molecule has 0 radical (unpaired) electrons. The molecule has 0 aliphatic rings. The molecule has 2 aromatic rings. The summed E-state index contributed by atoms with van der Waals surface area (Å²) in [4.78, 5) is 12.3. The fraction of sp³-hybridized carbons (Fsp3) is 0.133. The van der Waals surface area contributed by atoms with E-state index in [4.69, 9.17) is 16.3 Å². The summed E-state index contributed by atoms with van der Waals surface area (Å²) in [5, 5.41) is 2.76. The number of rotatable bonds is 4. The second kappa shape index (κ2) is 7.02. The van der Waals surface area contributed by atoms with Crippen molar-refractivity contribution in [3.63, 3.8) is 0 Å². The summed E-state index contributed by atoms with van der Waals surface area (Å²) in [5.74, 6) is -0.880. The third-order valence-corrected chi connectivity index (χ3v) is 3.75. The van der Waals surface area contributed by atoms with Crippen molar-refractivity contribution >= 4 is 39.1 Å². The van der Waals surface area contributed by atoms with E-state index in [9.17, 15) is 9.18 Å². The molecule has 1 N–H and O–H groups in total. The minimum absolute atomic E-state index is 0.109. The summed E-state index contributed by atoms with van der Waals surface area (Å²) < 4.78 is 18.8. The van der Waals surface area contributed by atoms with Crippen LogP contribution in [0.1, 0.15) is 11.7 Å². The van der Waals surface area contributed by atoms with Gasteiger partial charge in [-0.15, -0.1) is 0 Å². The average Bonchev–Trinajstić information content (AvgIpc) is 2.45. The Bertz CT molecular complexity index is 628. The molecular formula is C15H12BrClFNO2. The number of hydrogen-bond donors (Lipinski definition) is 1. The second-order valence-corrected chi connectivity index (χ2v) is 5.52. The molecule has 0 bridgehead atoms. The third kappa shape index (κ3) is 3.81. The first-order valence-electron chi connectivity index (χ1n) is 6.06. The Hall–Kier alpha value is -1.43. The van der Waals surface area contributed by atoms with E-state index in [1.807, 2.05) is 18.2 Å². The number of anilines is 1. The van der Waals surface area contributed by atoms with Gasteiger partial charge in [-0.2, -0.15) is 0 Å². The van der Waals surface area contributed by atoms with Gasteiger partial charge in [0.2, 0.25) is 0 Å². The van der Waals surface area contributed by atoms with Crippen molar-refractivity contribution in [3.8, 4) is 0 Å². The van der Waals surface area contributed by atoms with Crippen LogP contribution in [0.3, 0.4) is 0 Å². The van der Waals surface area contributed by atoms with Crippen LogP contribution in [0.5, 0.6) is 0 Å². The van der Waals surface area contributed by atoms with Crippen molar-refractivity contribution in [1.82, 2.24) is 0 Å². The molecule has 0 aliphatic carbocycles. The number of amides is 1. The van der Waals surface area contributed by atoms with E-state index in [-0.39, 0.29) is 5.02 Å². The molecule has 2 rings (SSSR count). The lowest BCUT2D eigenvalue weighted by Gasteiger charge is -2.17. The van der Waals surface area contributed by atoms with Crippen molar-refractivity contribution in [3.05, 3.63) is 63.3 Å². The number of hydrogen-bond acceptors (Lipinski definition) is 2. The number of ether oxygens (including phenoxy) is 1. The van der Waals surface area contributed by atoms with Crippen LogP contribution in [0.2, 0.25) is 5.02 Å². The van der Waals surface area contributed by atoms with E-state index in [2.05, 4.69) is 21.2 Å². The maximum atomic E-state index is 13.2. The first-order chi connectivity index (χ1) is 10.0. The molecule has 1 amide bonds. The van der Waals surface area contributed by atoms with Crippen LogP contribution in [0, 0.1) is 5.82 Å². The monoisotopic (exact) mass is 371 g/mol. The number of methoxy groups -OCH3 is 1. The first kappa shape index (κ1) is 15.9. The van der Waals surface area contributed by atoms with Crippen molar-refractivity contribution in [1.29, 1.82) is 0 Å². The molecule has 0 fully saturated rings. The molecule has 1 unspecified atom stereocenters. The highest BCUT2D eigenvalue weighted by atomic mass is 79.9. The van der Waals surface area contributed by atoms with E-state index in [0.29, 0.717) is 15.7 Å². The van der Waals surface area contributed by atoms with E-state index in [1.54, 1.807) is 12.1 Å². The Balaban J connectivity index is 2.25. The Labute approximate surface area is 135 Å². The third-order valence-electron chi connectivity index (χ3n) is 2.83. The Morgan fingerprint density at radius 2 is 2.00 bits per heavy atom. The zero-order valence-corrected chi connectivity index (χ0v) is 13.4. The first-order valence-corrected chi connectivity index (χ1v) is 7.23. The van der Waals surface area contributed by atoms with E-state index >= 15 is 0 Å². The predicted molar refractivity (Wildman–Crippen MR) is 83.9 cm³/mol. The number of halogens is 3. The zero-order valence-electron chi connectivity index (χ0n) is 11.1. The van der Waals surface area contributed by atoms with Gasteiger partial charge in [0, 0.05) is 11.6 Å². The predicted octanol–water partition coefficient (Wildman–Crippen LogP) is 4.57. The van der Waals surface area contributed by atoms with Crippen LogP contribution in [0.4, 0.5) is 10.1 Å². The number of nitrogens with one attached hydrogen (secondary N) is 1. The molecule has 3 nitrogen and oxygen atoms in total. The Kier molecular flexibility index (Phi) is 5.33. The van der Waals surface area contributed by atoms with Crippen LogP contribution in [-0.4, -0.2) is 13.0 Å². The molecule has 1 atom stereocenters. The van der Waals surface area contributed by atoms with Crippen molar-refractivity contribution < 1.29 is 13.9 Å². The van der Waals surface area contributed by atoms with Gasteiger partial charge < -0.3 is 10.1 Å². The fourth-order valence-electron chi connectivity index (χ4n) is 1.87. The van der Waals surface area contributed by atoms with Gasteiger partial charge in [0.25, 0.3) is 5.91 Å². The summed E-state index contributed by atoms with van der Waals surface area (Å²) >= 11 is 9.12. The van der Waals surface area contributed by atoms with Crippen molar-refractivity contribution in [2.45, 2.75) is 6.10 Å². The largest absolute Gasteiger partial charge is 0.367 e. The summed E-state index contributed by atoms with van der Waals surface area (Å²) in [5.41, 5.74) is 1.02. The van der Waals surface area contributed by atoms with Gasteiger partial charge in [0.15, 0.2) is 6.10 Å². The lowest BCUT2D eigenvalue weighted by molar-refractivity contribution is -0.126. The molecule has 6 heteroatoms. The highest BCUT2D eigenvalue weighted by Crippen LogP contribution is 2.32. The Morgan fingerprint density at radius 3 is 2.57 bits per heavy atom. The molecule has 2 aromatic carbocycles. The normalized spacial score (nSPS) is 12.0. The van der Waals surface area contributed by atoms with Gasteiger partial charge >= 0.3 is 0 Å². The van der Waals surface area contributed by atoms with E-state index in [0.717, 1.165) is 6.07 Å². The molecule has 0 heterocycles. The summed E-state index contributed by atoms with van der Waals surface area (Å²) in [6, 6.07) is 11.4. The maximum Gasteiger partial charge on any atom is 0.258 e. The molecule has 110 valence electrons. The molecule has 0 saturated heterocycles. The smallest absolute Gasteiger partial charge is 0.258 e. The fourth-order valence-corrected chi connectivity index (χ4v) is 2.77. The van der Waals surface area contributed by atoms with Crippen LogP contribution < -0.4 is 5.32 Å².